The molecule has 0 bridgehead atoms. The lowest BCUT2D eigenvalue weighted by Crippen LogP contribution is -2.14. The third-order valence-electron chi connectivity index (χ3n) is 11.8. The zero-order valence-electron chi connectivity index (χ0n) is 34.9. The van der Waals surface area contributed by atoms with Gasteiger partial charge in [-0.25, -0.2) is 0 Å². The number of hydrogen-bond donors (Lipinski definition) is 0. The lowest BCUT2D eigenvalue weighted by Gasteiger charge is -2.31. The van der Waals surface area contributed by atoms with Crippen molar-refractivity contribution < 1.29 is 0 Å². The molecule has 0 heterocycles. The molecule has 0 amide bonds. The minimum absolute atomic E-state index is 0.0230. The summed E-state index contributed by atoms with van der Waals surface area (Å²) in [6.07, 6.45) is 1.74. The van der Waals surface area contributed by atoms with Gasteiger partial charge >= 0.3 is 0 Å². The molecule has 286 valence electrons. The molecule has 0 aliphatic heterocycles. The van der Waals surface area contributed by atoms with Crippen molar-refractivity contribution in [1.82, 2.24) is 0 Å². The lowest BCUT2D eigenvalue weighted by molar-refractivity contribution is 0.590. The van der Waals surface area contributed by atoms with E-state index in [0.29, 0.717) is 11.1 Å². The average molecular weight is 755 g/mol. The summed E-state index contributed by atoms with van der Waals surface area (Å²) in [5.41, 5.74) is 12.8. The smallest absolute Gasteiger partial charge is 0.0991 e. The molecule has 0 saturated heterocycles. The molecule has 0 unspecified atom stereocenters. The van der Waals surface area contributed by atoms with Crippen molar-refractivity contribution in [3.8, 4) is 12.1 Å². The maximum absolute atomic E-state index is 9.71. The van der Waals surface area contributed by atoms with E-state index in [0.717, 1.165) is 47.0 Å². The highest BCUT2D eigenvalue weighted by atomic mass is 15.1. The summed E-state index contributed by atoms with van der Waals surface area (Å²) in [7, 11) is 0. The van der Waals surface area contributed by atoms with Gasteiger partial charge in [0.15, 0.2) is 0 Å². The van der Waals surface area contributed by atoms with E-state index in [1.807, 2.05) is 24.3 Å². The van der Waals surface area contributed by atoms with Gasteiger partial charge in [0.05, 0.1) is 34.6 Å². The number of anilines is 6. The molecular formula is C54H50N4. The van der Waals surface area contributed by atoms with Crippen molar-refractivity contribution in [2.24, 2.45) is 0 Å². The third kappa shape index (κ3) is 6.70. The number of aryl methyl sites for hydroxylation is 2. The molecular weight excluding hydrogens is 705 g/mol. The first-order valence-electron chi connectivity index (χ1n) is 20.4. The fraction of sp³-hybridized carbons (Fsp3) is 0.222. The topological polar surface area (TPSA) is 54.1 Å². The molecule has 58 heavy (non-hydrogen) atoms. The third-order valence-corrected chi connectivity index (χ3v) is 11.8. The number of nitrogens with zero attached hydrogens (tertiary/aromatic N) is 4. The second kappa shape index (κ2) is 14.7. The molecule has 0 fully saturated rings. The molecule has 0 spiro atoms. The quantitative estimate of drug-likeness (QED) is 0.145. The molecule has 0 aliphatic rings. The van der Waals surface area contributed by atoms with Crippen molar-refractivity contribution >= 4 is 66.4 Å². The monoisotopic (exact) mass is 754 g/mol. The molecule has 0 aliphatic carbocycles. The van der Waals surface area contributed by atoms with Gasteiger partial charge in [0.2, 0.25) is 0 Å². The standard InChI is InChI=1S/C54H50N4/c1-9-37-31-49(57(41-19-11-35(33-55)12-20-41)43-23-15-39(16-24-43)53(3,4)5)47-30-28-46-38(10-2)32-50(48-29-27-45(37)51(47)52(46)48)58(42-21-13-36(34-56)14-22-42)44-25-17-40(18-26-44)54(6,7)8/h11-32H,9-10H2,1-8H3. The van der Waals surface area contributed by atoms with Gasteiger partial charge in [0.1, 0.15) is 0 Å². The normalized spacial score (nSPS) is 11.9. The number of benzene rings is 8. The predicted octanol–water partition coefficient (Wildman–Crippen LogP) is 15.0. The van der Waals surface area contributed by atoms with Crippen LogP contribution in [-0.2, 0) is 23.7 Å². The Kier molecular flexibility index (Phi) is 9.71. The molecule has 0 atom stereocenters. The van der Waals surface area contributed by atoms with Crippen LogP contribution in [0.3, 0.4) is 0 Å². The van der Waals surface area contributed by atoms with Gasteiger partial charge in [-0.05, 0) is 152 Å². The van der Waals surface area contributed by atoms with E-state index in [1.165, 1.54) is 54.6 Å². The van der Waals surface area contributed by atoms with Gasteiger partial charge in [-0.1, -0.05) is 104 Å². The second-order valence-electron chi connectivity index (χ2n) is 17.5. The maximum Gasteiger partial charge on any atom is 0.0991 e. The highest BCUT2D eigenvalue weighted by Crippen LogP contribution is 2.50. The number of hydrogen-bond acceptors (Lipinski definition) is 4. The van der Waals surface area contributed by atoms with E-state index in [9.17, 15) is 10.5 Å². The van der Waals surface area contributed by atoms with Crippen LogP contribution >= 0.6 is 0 Å². The second-order valence-corrected chi connectivity index (χ2v) is 17.5. The summed E-state index contributed by atoms with van der Waals surface area (Å²) < 4.78 is 0. The summed E-state index contributed by atoms with van der Waals surface area (Å²) in [4.78, 5) is 4.72. The van der Waals surface area contributed by atoms with Crippen molar-refractivity contribution in [2.45, 2.75) is 79.1 Å². The summed E-state index contributed by atoms with van der Waals surface area (Å²) in [5, 5.41) is 26.8. The van der Waals surface area contributed by atoms with Crippen LogP contribution in [0.4, 0.5) is 34.1 Å². The van der Waals surface area contributed by atoms with Gasteiger partial charge in [0, 0.05) is 33.5 Å². The van der Waals surface area contributed by atoms with Crippen molar-refractivity contribution in [3.05, 3.63) is 167 Å². The Hall–Kier alpha value is -6.62. The summed E-state index contributed by atoms with van der Waals surface area (Å²) in [6.45, 7) is 18.0. The van der Waals surface area contributed by atoms with E-state index in [1.54, 1.807) is 0 Å². The average Bonchev–Trinajstić information content (AvgIpc) is 3.23. The lowest BCUT2D eigenvalue weighted by atomic mass is 9.86. The molecule has 4 heteroatoms. The van der Waals surface area contributed by atoms with E-state index in [4.69, 9.17) is 0 Å². The van der Waals surface area contributed by atoms with Gasteiger partial charge in [-0.2, -0.15) is 10.5 Å². The van der Waals surface area contributed by atoms with Crippen LogP contribution in [0, 0.1) is 22.7 Å². The fourth-order valence-electron chi connectivity index (χ4n) is 8.50. The Bertz CT molecular complexity index is 2660. The van der Waals surface area contributed by atoms with Crippen LogP contribution in [-0.4, -0.2) is 0 Å². The van der Waals surface area contributed by atoms with Gasteiger partial charge < -0.3 is 9.80 Å². The van der Waals surface area contributed by atoms with Crippen LogP contribution in [0.25, 0.3) is 32.3 Å². The largest absolute Gasteiger partial charge is 0.310 e. The zero-order chi connectivity index (χ0) is 40.9. The molecule has 0 aromatic heterocycles. The number of rotatable bonds is 8. The van der Waals surface area contributed by atoms with Gasteiger partial charge in [0.25, 0.3) is 0 Å². The van der Waals surface area contributed by atoms with Crippen LogP contribution in [0.1, 0.15) is 88.8 Å². The Morgan fingerprint density at radius 1 is 0.414 bits per heavy atom. The first-order chi connectivity index (χ1) is 27.8. The van der Waals surface area contributed by atoms with Crippen molar-refractivity contribution in [3.63, 3.8) is 0 Å². The molecule has 8 aromatic rings. The van der Waals surface area contributed by atoms with Crippen molar-refractivity contribution in [1.29, 1.82) is 10.5 Å². The number of nitriles is 2. The first-order valence-corrected chi connectivity index (χ1v) is 20.4. The van der Waals surface area contributed by atoms with Gasteiger partial charge in [-0.3, -0.25) is 0 Å². The Labute approximate surface area is 343 Å². The molecule has 4 nitrogen and oxygen atoms in total. The Balaban J connectivity index is 1.44. The van der Waals surface area contributed by atoms with Gasteiger partial charge in [-0.15, -0.1) is 0 Å². The Morgan fingerprint density at radius 3 is 0.983 bits per heavy atom. The highest BCUT2D eigenvalue weighted by Gasteiger charge is 2.25. The summed E-state index contributed by atoms with van der Waals surface area (Å²) in [5.74, 6) is 0. The van der Waals surface area contributed by atoms with Crippen LogP contribution in [0.5, 0.6) is 0 Å². The van der Waals surface area contributed by atoms with Crippen LogP contribution < -0.4 is 9.80 Å². The van der Waals surface area contributed by atoms with E-state index >= 15 is 0 Å². The predicted molar refractivity (Wildman–Crippen MR) is 245 cm³/mol. The molecule has 8 aromatic carbocycles. The minimum Gasteiger partial charge on any atom is -0.310 e. The van der Waals surface area contributed by atoms with Crippen LogP contribution in [0.15, 0.2) is 133 Å². The van der Waals surface area contributed by atoms with E-state index in [2.05, 4.69) is 187 Å². The summed E-state index contributed by atoms with van der Waals surface area (Å²) in [6, 6.07) is 52.5. The molecule has 0 saturated carbocycles. The summed E-state index contributed by atoms with van der Waals surface area (Å²) >= 11 is 0. The molecule has 0 N–H and O–H groups in total. The minimum atomic E-state index is 0.0230. The van der Waals surface area contributed by atoms with E-state index in [-0.39, 0.29) is 10.8 Å². The Morgan fingerprint density at radius 2 is 0.707 bits per heavy atom. The zero-order valence-corrected chi connectivity index (χ0v) is 34.9. The SMILES string of the molecule is CCc1cc(N(c2ccc(C#N)cc2)c2ccc(C(C)(C)C)cc2)c2ccc3c(CC)cc(N(c4ccc(C#N)cc4)c4ccc(C(C)(C)C)cc4)c4ccc1c2c34. The molecule has 8 rings (SSSR count). The van der Waals surface area contributed by atoms with Crippen LogP contribution in [0.2, 0.25) is 0 Å². The fourth-order valence-corrected chi connectivity index (χ4v) is 8.50. The maximum atomic E-state index is 9.71. The first kappa shape index (κ1) is 38.3. The van der Waals surface area contributed by atoms with E-state index < -0.39 is 0 Å². The highest BCUT2D eigenvalue weighted by molar-refractivity contribution is 6.29. The van der Waals surface area contributed by atoms with Crippen molar-refractivity contribution in [2.75, 3.05) is 9.80 Å². The molecule has 0 radical (unpaired) electrons.